The fourth-order valence-corrected chi connectivity index (χ4v) is 5.33. The van der Waals surface area contributed by atoms with Gasteiger partial charge in [0.1, 0.15) is 6.61 Å². The summed E-state index contributed by atoms with van der Waals surface area (Å²) in [5, 5.41) is 13.3. The van der Waals surface area contributed by atoms with Crippen molar-refractivity contribution in [1.82, 2.24) is 0 Å². The lowest BCUT2D eigenvalue weighted by molar-refractivity contribution is -0.686. The van der Waals surface area contributed by atoms with E-state index in [2.05, 4.69) is 36.8 Å². The fourth-order valence-electron chi connectivity index (χ4n) is 5.33. The highest BCUT2D eigenvalue weighted by molar-refractivity contribution is 5.95. The van der Waals surface area contributed by atoms with Gasteiger partial charge in [0.15, 0.2) is 35.7 Å². The molecule has 40 heavy (non-hydrogen) atoms. The van der Waals surface area contributed by atoms with E-state index in [1.165, 1.54) is 23.3 Å². The Hall–Kier alpha value is -4.59. The smallest absolute Gasteiger partial charge is 0.269 e. The molecule has 2 heterocycles. The zero-order valence-electron chi connectivity index (χ0n) is 23.4. The molecule has 0 saturated carbocycles. The fraction of sp³-hybridized carbons (Fsp3) is 0.281. The molecule has 0 radical (unpaired) electrons. The van der Waals surface area contributed by atoms with Crippen molar-refractivity contribution in [3.63, 3.8) is 0 Å². The molecule has 8 heteroatoms. The van der Waals surface area contributed by atoms with Crippen LogP contribution in [-0.4, -0.2) is 26.3 Å². The molecule has 0 fully saturated rings. The standard InChI is InChI=1S/C32H33N2O6/c1-20(2)9-10-25-24-11-12-28(37-3)32(39-5)27(24)18-33-14-13-22-16-30(29(38-4)17-26(22)31(25)33)40-19-21-7-6-8-23(15-21)34(35)36/h6-9,11-12,15-18H,10,13-14,19H2,1-5H3/q+1. The highest BCUT2D eigenvalue weighted by Crippen LogP contribution is 2.43. The SMILES string of the molecule is COc1cc2c(cc1OCc1cccc([N+](=O)[O-])c1)CC[n+]1cc3c(OC)c(OC)ccc3c(CC=C(C)C)c1-2. The molecule has 0 bridgehead atoms. The third-order valence-corrected chi connectivity index (χ3v) is 7.26. The minimum atomic E-state index is -0.403. The summed E-state index contributed by atoms with van der Waals surface area (Å²) >= 11 is 0. The molecular weight excluding hydrogens is 508 g/mol. The molecule has 3 aromatic carbocycles. The molecule has 4 aromatic rings. The number of pyridine rings is 1. The molecule has 0 unspecified atom stereocenters. The van der Waals surface area contributed by atoms with E-state index in [0.717, 1.165) is 58.3 Å². The van der Waals surface area contributed by atoms with Gasteiger partial charge in [-0.2, -0.15) is 4.57 Å². The van der Waals surface area contributed by atoms with Crippen molar-refractivity contribution in [1.29, 1.82) is 0 Å². The molecule has 1 aromatic heterocycles. The van der Waals surface area contributed by atoms with Gasteiger partial charge in [0.05, 0.1) is 37.2 Å². The first kappa shape index (κ1) is 27.0. The van der Waals surface area contributed by atoms with Crippen molar-refractivity contribution in [3.8, 4) is 34.3 Å². The summed E-state index contributed by atoms with van der Waals surface area (Å²) < 4.78 is 25.6. The molecule has 1 aliphatic rings. The Balaban J connectivity index is 1.62. The molecule has 0 amide bonds. The lowest BCUT2D eigenvalue weighted by Crippen LogP contribution is -2.41. The number of fused-ring (bicyclic) bond motifs is 4. The molecule has 8 nitrogen and oxygen atoms in total. The van der Waals surface area contributed by atoms with Crippen LogP contribution in [0.15, 0.2) is 66.4 Å². The topological polar surface area (TPSA) is 83.9 Å². The van der Waals surface area contributed by atoms with Gasteiger partial charge in [0, 0.05) is 29.5 Å². The monoisotopic (exact) mass is 541 g/mol. The highest BCUT2D eigenvalue weighted by atomic mass is 16.6. The number of nitro benzene ring substituents is 1. The average Bonchev–Trinajstić information content (AvgIpc) is 2.96. The summed E-state index contributed by atoms with van der Waals surface area (Å²) in [6.07, 6.45) is 5.97. The van der Waals surface area contributed by atoms with E-state index in [1.807, 2.05) is 24.3 Å². The maximum atomic E-state index is 11.2. The van der Waals surface area contributed by atoms with Gasteiger partial charge in [-0.15, -0.1) is 0 Å². The van der Waals surface area contributed by atoms with Crippen LogP contribution in [0.1, 0.15) is 30.5 Å². The van der Waals surface area contributed by atoms with Gasteiger partial charge >= 0.3 is 0 Å². The Kier molecular flexibility index (Phi) is 7.60. The van der Waals surface area contributed by atoms with Crippen molar-refractivity contribution < 1.29 is 28.4 Å². The number of non-ortho nitro benzene ring substituents is 1. The molecule has 1 aliphatic heterocycles. The maximum absolute atomic E-state index is 11.2. The summed E-state index contributed by atoms with van der Waals surface area (Å²) in [7, 11) is 4.95. The zero-order valence-corrected chi connectivity index (χ0v) is 23.4. The minimum absolute atomic E-state index is 0.0394. The van der Waals surface area contributed by atoms with Crippen molar-refractivity contribution in [2.45, 2.75) is 39.8 Å². The van der Waals surface area contributed by atoms with Gasteiger partial charge < -0.3 is 18.9 Å². The number of hydrogen-bond donors (Lipinski definition) is 0. The lowest BCUT2D eigenvalue weighted by Gasteiger charge is -2.22. The molecule has 0 N–H and O–H groups in total. The Morgan fingerprint density at radius 3 is 2.48 bits per heavy atom. The molecule has 206 valence electrons. The third kappa shape index (κ3) is 5.04. The van der Waals surface area contributed by atoms with Crippen LogP contribution in [0.2, 0.25) is 0 Å². The van der Waals surface area contributed by atoms with Crippen LogP contribution < -0.4 is 23.5 Å². The van der Waals surface area contributed by atoms with Gasteiger partial charge in [0.2, 0.25) is 5.69 Å². The number of allylic oxidation sites excluding steroid dienone is 2. The number of methoxy groups -OCH3 is 3. The van der Waals surface area contributed by atoms with E-state index in [4.69, 9.17) is 18.9 Å². The van der Waals surface area contributed by atoms with E-state index in [-0.39, 0.29) is 12.3 Å². The van der Waals surface area contributed by atoms with Gasteiger partial charge in [0.25, 0.3) is 5.69 Å². The molecular formula is C32H33N2O6+. The number of ether oxygens (including phenoxy) is 4. The first-order valence-corrected chi connectivity index (χ1v) is 13.1. The Morgan fingerprint density at radius 2 is 1.77 bits per heavy atom. The van der Waals surface area contributed by atoms with Crippen molar-refractivity contribution >= 4 is 16.5 Å². The number of hydrogen-bond acceptors (Lipinski definition) is 6. The highest BCUT2D eigenvalue weighted by Gasteiger charge is 2.31. The van der Waals surface area contributed by atoms with E-state index >= 15 is 0 Å². The summed E-state index contributed by atoms with van der Waals surface area (Å²) in [6.45, 7) is 5.20. The van der Waals surface area contributed by atoms with E-state index < -0.39 is 4.92 Å². The minimum Gasteiger partial charge on any atom is -0.493 e. The number of aryl methyl sites for hydroxylation is 2. The van der Waals surface area contributed by atoms with Crippen molar-refractivity contribution in [2.75, 3.05) is 21.3 Å². The van der Waals surface area contributed by atoms with Crippen LogP contribution >= 0.6 is 0 Å². The van der Waals surface area contributed by atoms with Crippen molar-refractivity contribution in [3.05, 3.63) is 93.2 Å². The molecule has 0 atom stereocenters. The van der Waals surface area contributed by atoms with Crippen LogP contribution in [0.4, 0.5) is 5.69 Å². The van der Waals surface area contributed by atoms with Gasteiger partial charge in [-0.1, -0.05) is 23.8 Å². The summed E-state index contributed by atoms with van der Waals surface area (Å²) in [5.74, 6) is 2.65. The maximum Gasteiger partial charge on any atom is 0.269 e. The number of benzene rings is 3. The number of nitro groups is 1. The number of rotatable bonds is 9. The van der Waals surface area contributed by atoms with Crippen LogP contribution in [-0.2, 0) is 26.0 Å². The Bertz CT molecular complexity index is 1640. The van der Waals surface area contributed by atoms with Crippen molar-refractivity contribution in [2.24, 2.45) is 0 Å². The predicted molar refractivity (Wildman–Crippen MR) is 154 cm³/mol. The predicted octanol–water partition coefficient (Wildman–Crippen LogP) is 6.37. The van der Waals surface area contributed by atoms with Gasteiger partial charge in [-0.3, -0.25) is 10.1 Å². The Morgan fingerprint density at radius 1 is 0.975 bits per heavy atom. The van der Waals surface area contributed by atoms with Crippen LogP contribution in [0.5, 0.6) is 23.0 Å². The number of aromatic nitrogens is 1. The second-order valence-electron chi connectivity index (χ2n) is 10.0. The summed E-state index contributed by atoms with van der Waals surface area (Å²) in [6, 6.07) is 14.6. The molecule has 0 aliphatic carbocycles. The number of nitrogens with zero attached hydrogens (tertiary/aromatic N) is 2. The third-order valence-electron chi connectivity index (χ3n) is 7.26. The normalized spacial score (nSPS) is 11.8. The van der Waals surface area contributed by atoms with E-state index in [9.17, 15) is 10.1 Å². The first-order valence-electron chi connectivity index (χ1n) is 13.1. The largest absolute Gasteiger partial charge is 0.493 e. The average molecular weight is 542 g/mol. The molecule has 5 rings (SSSR count). The molecule has 0 spiro atoms. The first-order chi connectivity index (χ1) is 19.3. The lowest BCUT2D eigenvalue weighted by atomic mass is 9.89. The molecule has 0 saturated heterocycles. The van der Waals surface area contributed by atoms with E-state index in [1.54, 1.807) is 27.4 Å². The zero-order chi connectivity index (χ0) is 28.4. The quantitative estimate of drug-likeness (QED) is 0.106. The summed E-state index contributed by atoms with van der Waals surface area (Å²) in [4.78, 5) is 10.8. The van der Waals surface area contributed by atoms with Crippen LogP contribution in [0, 0.1) is 10.1 Å². The van der Waals surface area contributed by atoms with Crippen LogP contribution in [0.3, 0.4) is 0 Å². The Labute approximate surface area is 233 Å². The van der Waals surface area contributed by atoms with Gasteiger partial charge in [-0.05, 0) is 55.7 Å². The second-order valence-corrected chi connectivity index (χ2v) is 10.0. The van der Waals surface area contributed by atoms with Crippen LogP contribution in [0.25, 0.3) is 22.0 Å². The second kappa shape index (κ2) is 11.3. The van der Waals surface area contributed by atoms with E-state index in [0.29, 0.717) is 17.2 Å². The van der Waals surface area contributed by atoms with Gasteiger partial charge in [-0.25, -0.2) is 0 Å². The summed E-state index contributed by atoms with van der Waals surface area (Å²) in [5.41, 5.74) is 6.60.